The van der Waals surface area contributed by atoms with E-state index in [2.05, 4.69) is 10.3 Å². The zero-order chi connectivity index (χ0) is 12.1. The zero-order valence-corrected chi connectivity index (χ0v) is 10.0. The van der Waals surface area contributed by atoms with Crippen molar-refractivity contribution < 1.29 is 9.90 Å². The van der Waals surface area contributed by atoms with Crippen molar-refractivity contribution in [3.63, 3.8) is 0 Å². The molecule has 1 aromatic rings. The molecule has 1 unspecified atom stereocenters. The lowest BCUT2D eigenvalue weighted by Gasteiger charge is -2.15. The third-order valence-electron chi connectivity index (χ3n) is 2.66. The van der Waals surface area contributed by atoms with E-state index in [-0.39, 0.29) is 0 Å². The molecule has 0 aliphatic rings. The van der Waals surface area contributed by atoms with Crippen LogP contribution < -0.4 is 5.32 Å². The summed E-state index contributed by atoms with van der Waals surface area (Å²) in [6.45, 7) is 7.01. The number of hydrogen-bond donors (Lipinski definition) is 2. The maximum Gasteiger partial charge on any atom is 0.322 e. The van der Waals surface area contributed by atoms with Gasteiger partial charge < -0.3 is 15.0 Å². The largest absolute Gasteiger partial charge is 0.480 e. The van der Waals surface area contributed by atoms with E-state index in [4.69, 9.17) is 5.11 Å². The Labute approximate surface area is 95.5 Å². The molecule has 0 spiro atoms. The van der Waals surface area contributed by atoms with Gasteiger partial charge in [-0.05, 0) is 26.8 Å². The van der Waals surface area contributed by atoms with Crippen LogP contribution in [0.25, 0.3) is 0 Å². The standard InChI is InChI=1S/C11H19N3O2/c1-4-5-12-10(11(15)16)6-14-7-13-8(2)9(14)3/h7,10,12H,4-6H2,1-3H3,(H,15,16). The van der Waals surface area contributed by atoms with Gasteiger partial charge in [0.25, 0.3) is 0 Å². The van der Waals surface area contributed by atoms with E-state index in [0.717, 1.165) is 17.8 Å². The molecule has 16 heavy (non-hydrogen) atoms. The molecule has 90 valence electrons. The van der Waals surface area contributed by atoms with Gasteiger partial charge in [-0.1, -0.05) is 6.92 Å². The summed E-state index contributed by atoms with van der Waals surface area (Å²) in [6, 6.07) is -0.549. The average Bonchev–Trinajstić information content (AvgIpc) is 2.55. The number of carbonyl (C=O) groups is 1. The van der Waals surface area contributed by atoms with E-state index >= 15 is 0 Å². The molecule has 0 fully saturated rings. The highest BCUT2D eigenvalue weighted by Crippen LogP contribution is 2.05. The predicted octanol–water partition coefficient (Wildman–Crippen LogP) is 0.953. The van der Waals surface area contributed by atoms with Gasteiger partial charge in [-0.3, -0.25) is 4.79 Å². The van der Waals surface area contributed by atoms with Crippen LogP contribution >= 0.6 is 0 Å². The second-order valence-corrected chi connectivity index (χ2v) is 3.91. The maximum absolute atomic E-state index is 11.0. The molecule has 5 nitrogen and oxygen atoms in total. The molecule has 0 saturated heterocycles. The van der Waals surface area contributed by atoms with Crippen LogP contribution in [0.4, 0.5) is 0 Å². The second kappa shape index (κ2) is 5.65. The minimum absolute atomic E-state index is 0.419. The van der Waals surface area contributed by atoms with E-state index in [9.17, 15) is 4.79 Å². The normalized spacial score (nSPS) is 12.7. The van der Waals surface area contributed by atoms with Gasteiger partial charge >= 0.3 is 5.97 Å². The summed E-state index contributed by atoms with van der Waals surface area (Å²) < 4.78 is 1.87. The molecule has 1 rings (SSSR count). The summed E-state index contributed by atoms with van der Waals surface area (Å²) in [6.07, 6.45) is 2.61. The number of rotatable bonds is 6. The number of aryl methyl sites for hydroxylation is 1. The number of nitrogens with one attached hydrogen (secondary N) is 1. The Morgan fingerprint density at radius 2 is 2.31 bits per heavy atom. The lowest BCUT2D eigenvalue weighted by molar-refractivity contribution is -0.139. The molecule has 0 aliphatic heterocycles. The fraction of sp³-hybridized carbons (Fsp3) is 0.636. The van der Waals surface area contributed by atoms with Gasteiger partial charge in [-0.25, -0.2) is 4.98 Å². The molecule has 1 aromatic heterocycles. The van der Waals surface area contributed by atoms with Crippen molar-refractivity contribution in [1.29, 1.82) is 0 Å². The Bertz CT molecular complexity index is 360. The van der Waals surface area contributed by atoms with Gasteiger partial charge in [0.1, 0.15) is 6.04 Å². The quantitative estimate of drug-likeness (QED) is 0.756. The summed E-state index contributed by atoms with van der Waals surface area (Å²) >= 11 is 0. The molecular weight excluding hydrogens is 206 g/mol. The molecule has 5 heteroatoms. The number of imidazole rings is 1. The van der Waals surface area contributed by atoms with Crippen LogP contribution in [0, 0.1) is 13.8 Å². The molecule has 0 bridgehead atoms. The van der Waals surface area contributed by atoms with E-state index in [1.54, 1.807) is 6.33 Å². The van der Waals surface area contributed by atoms with Crippen LogP contribution in [0.15, 0.2) is 6.33 Å². The number of aliphatic carboxylic acids is 1. The second-order valence-electron chi connectivity index (χ2n) is 3.91. The van der Waals surface area contributed by atoms with Crippen molar-refractivity contribution in [2.24, 2.45) is 0 Å². The van der Waals surface area contributed by atoms with E-state index in [1.807, 2.05) is 25.3 Å². The molecule has 1 heterocycles. The van der Waals surface area contributed by atoms with Crippen LogP contribution in [-0.2, 0) is 11.3 Å². The minimum atomic E-state index is -0.820. The Kier molecular flexibility index (Phi) is 4.49. The van der Waals surface area contributed by atoms with Crippen LogP contribution in [0.1, 0.15) is 24.7 Å². The van der Waals surface area contributed by atoms with Crippen LogP contribution in [0.3, 0.4) is 0 Å². The van der Waals surface area contributed by atoms with Gasteiger partial charge in [0.05, 0.1) is 12.0 Å². The molecule has 0 amide bonds. The van der Waals surface area contributed by atoms with Gasteiger partial charge in [-0.2, -0.15) is 0 Å². The first-order chi connectivity index (χ1) is 7.56. The van der Waals surface area contributed by atoms with Crippen molar-refractivity contribution >= 4 is 5.97 Å². The summed E-state index contributed by atoms with van der Waals surface area (Å²) in [5.74, 6) is -0.820. The number of aromatic nitrogens is 2. The number of nitrogens with zero attached hydrogens (tertiary/aromatic N) is 2. The number of carboxylic acid groups (broad SMARTS) is 1. The SMILES string of the molecule is CCCNC(Cn1cnc(C)c1C)C(=O)O. The Hall–Kier alpha value is -1.36. The lowest BCUT2D eigenvalue weighted by Crippen LogP contribution is -2.40. The topological polar surface area (TPSA) is 67.2 Å². The van der Waals surface area contributed by atoms with Crippen molar-refractivity contribution in [3.05, 3.63) is 17.7 Å². The highest BCUT2D eigenvalue weighted by molar-refractivity contribution is 5.73. The third-order valence-corrected chi connectivity index (χ3v) is 2.66. The highest BCUT2D eigenvalue weighted by atomic mass is 16.4. The molecule has 0 radical (unpaired) electrons. The number of hydrogen-bond acceptors (Lipinski definition) is 3. The number of carboxylic acids is 1. The van der Waals surface area contributed by atoms with E-state index in [0.29, 0.717) is 13.1 Å². The van der Waals surface area contributed by atoms with Crippen LogP contribution in [-0.4, -0.2) is 33.2 Å². The Morgan fingerprint density at radius 1 is 1.62 bits per heavy atom. The van der Waals surface area contributed by atoms with E-state index in [1.165, 1.54) is 0 Å². The Balaban J connectivity index is 2.68. The molecule has 1 atom stereocenters. The summed E-state index contributed by atoms with van der Waals surface area (Å²) in [5, 5.41) is 12.1. The van der Waals surface area contributed by atoms with Crippen LogP contribution in [0.2, 0.25) is 0 Å². The van der Waals surface area contributed by atoms with Crippen molar-refractivity contribution in [1.82, 2.24) is 14.9 Å². The molecular formula is C11H19N3O2. The third kappa shape index (κ3) is 3.06. The first-order valence-corrected chi connectivity index (χ1v) is 5.50. The molecule has 0 aliphatic carbocycles. The monoisotopic (exact) mass is 225 g/mol. The van der Waals surface area contributed by atoms with Crippen molar-refractivity contribution in [2.45, 2.75) is 39.8 Å². The summed E-state index contributed by atoms with van der Waals surface area (Å²) in [4.78, 5) is 15.2. The van der Waals surface area contributed by atoms with Gasteiger partial charge in [-0.15, -0.1) is 0 Å². The highest BCUT2D eigenvalue weighted by Gasteiger charge is 2.17. The van der Waals surface area contributed by atoms with Crippen LogP contribution in [0.5, 0.6) is 0 Å². The lowest BCUT2D eigenvalue weighted by atomic mass is 10.2. The summed E-state index contributed by atoms with van der Waals surface area (Å²) in [5.41, 5.74) is 1.96. The van der Waals surface area contributed by atoms with E-state index < -0.39 is 12.0 Å². The van der Waals surface area contributed by atoms with Crippen molar-refractivity contribution in [3.8, 4) is 0 Å². The van der Waals surface area contributed by atoms with Gasteiger partial charge in [0.2, 0.25) is 0 Å². The predicted molar refractivity (Wildman–Crippen MR) is 61.4 cm³/mol. The maximum atomic E-state index is 11.0. The smallest absolute Gasteiger partial charge is 0.322 e. The van der Waals surface area contributed by atoms with Crippen molar-refractivity contribution in [2.75, 3.05) is 6.54 Å². The van der Waals surface area contributed by atoms with Gasteiger partial charge in [0, 0.05) is 12.2 Å². The molecule has 0 aromatic carbocycles. The minimum Gasteiger partial charge on any atom is -0.480 e. The zero-order valence-electron chi connectivity index (χ0n) is 10.0. The molecule has 2 N–H and O–H groups in total. The first kappa shape index (κ1) is 12.7. The Morgan fingerprint density at radius 3 is 2.75 bits per heavy atom. The average molecular weight is 225 g/mol. The summed E-state index contributed by atoms with van der Waals surface area (Å²) in [7, 11) is 0. The first-order valence-electron chi connectivity index (χ1n) is 5.50. The van der Waals surface area contributed by atoms with Gasteiger partial charge in [0.15, 0.2) is 0 Å². The fourth-order valence-corrected chi connectivity index (χ4v) is 1.47. The fourth-order valence-electron chi connectivity index (χ4n) is 1.47. The molecule has 0 saturated carbocycles.